The summed E-state index contributed by atoms with van der Waals surface area (Å²) in [4.78, 5) is 26.3. The highest BCUT2D eigenvalue weighted by atomic mass is 16.6. The van der Waals surface area contributed by atoms with E-state index in [1.54, 1.807) is 48.5 Å². The Hall–Kier alpha value is -1.77. The summed E-state index contributed by atoms with van der Waals surface area (Å²) in [6.45, 7) is 12.4. The first-order valence-corrected chi connectivity index (χ1v) is 7.42. The van der Waals surface area contributed by atoms with Gasteiger partial charge in [-0.25, -0.2) is 9.59 Å². The number of rotatable bonds is 1. The van der Waals surface area contributed by atoms with Crippen LogP contribution in [0.1, 0.15) is 54.9 Å². The number of ether oxygens (including phenoxy) is 2. The monoisotopic (exact) mass is 310 g/mol. The average Bonchev–Trinajstić information content (AvgIpc) is 2.63. The topological polar surface area (TPSA) is 79.6 Å². The maximum Gasteiger partial charge on any atom is 0.411 e. The SMILES string of the molecule is CC(C)(C)OC(=O)N1CC(C#N)CC1(C)C(=O)OC(C)(C)C. The molecule has 124 valence electrons. The van der Waals surface area contributed by atoms with Gasteiger partial charge in [-0.2, -0.15) is 5.26 Å². The smallest absolute Gasteiger partial charge is 0.411 e. The van der Waals surface area contributed by atoms with Gasteiger partial charge >= 0.3 is 12.1 Å². The zero-order valence-corrected chi connectivity index (χ0v) is 14.5. The van der Waals surface area contributed by atoms with Crippen molar-refractivity contribution in [3.8, 4) is 6.07 Å². The Kier molecular flexibility index (Phi) is 4.81. The minimum atomic E-state index is -1.18. The van der Waals surface area contributed by atoms with Crippen molar-refractivity contribution >= 4 is 12.1 Å². The Morgan fingerprint density at radius 3 is 2.05 bits per heavy atom. The molecule has 1 heterocycles. The van der Waals surface area contributed by atoms with Gasteiger partial charge in [0.05, 0.1) is 12.0 Å². The second-order valence-electron chi connectivity index (χ2n) is 7.90. The molecule has 1 amide bonds. The standard InChI is InChI=1S/C16H26N2O4/c1-14(2,3)21-12(19)16(7)8-11(9-17)10-18(16)13(20)22-15(4,5)6/h11H,8,10H2,1-7H3. The normalized spacial score (nSPS) is 25.5. The maximum absolute atomic E-state index is 12.5. The third-order valence-corrected chi connectivity index (χ3v) is 3.28. The van der Waals surface area contributed by atoms with Crippen LogP contribution >= 0.6 is 0 Å². The molecule has 1 saturated heterocycles. The molecule has 1 aliphatic heterocycles. The maximum atomic E-state index is 12.5. The van der Waals surface area contributed by atoms with E-state index < -0.39 is 34.7 Å². The molecule has 0 saturated carbocycles. The van der Waals surface area contributed by atoms with Gasteiger partial charge in [-0.05, 0) is 54.9 Å². The van der Waals surface area contributed by atoms with E-state index in [4.69, 9.17) is 14.7 Å². The molecule has 0 aromatic heterocycles. The first-order valence-electron chi connectivity index (χ1n) is 7.42. The van der Waals surface area contributed by atoms with Crippen LogP contribution < -0.4 is 0 Å². The number of nitrogens with zero attached hydrogens (tertiary/aromatic N) is 2. The highest BCUT2D eigenvalue weighted by Gasteiger charge is 2.53. The van der Waals surface area contributed by atoms with Gasteiger partial charge in [0, 0.05) is 6.54 Å². The number of carbonyl (C=O) groups is 2. The molecule has 6 nitrogen and oxygen atoms in total. The van der Waals surface area contributed by atoms with E-state index >= 15 is 0 Å². The lowest BCUT2D eigenvalue weighted by Crippen LogP contribution is -2.54. The molecule has 1 aliphatic rings. The van der Waals surface area contributed by atoms with E-state index in [9.17, 15) is 9.59 Å². The van der Waals surface area contributed by atoms with Gasteiger partial charge in [0.15, 0.2) is 0 Å². The molecule has 2 unspecified atom stereocenters. The number of hydrogen-bond donors (Lipinski definition) is 0. The van der Waals surface area contributed by atoms with Gasteiger partial charge in [-0.3, -0.25) is 4.90 Å². The molecular formula is C16H26N2O4. The summed E-state index contributed by atoms with van der Waals surface area (Å²) < 4.78 is 10.8. The molecule has 22 heavy (non-hydrogen) atoms. The second-order valence-corrected chi connectivity index (χ2v) is 7.90. The molecule has 0 aromatic carbocycles. The summed E-state index contributed by atoms with van der Waals surface area (Å²) in [6.07, 6.45) is -0.351. The predicted molar refractivity (Wildman–Crippen MR) is 80.9 cm³/mol. The van der Waals surface area contributed by atoms with Crippen LogP contribution in [0.25, 0.3) is 0 Å². The Morgan fingerprint density at radius 1 is 1.14 bits per heavy atom. The fourth-order valence-corrected chi connectivity index (χ4v) is 2.34. The summed E-state index contributed by atoms with van der Waals surface area (Å²) >= 11 is 0. The third-order valence-electron chi connectivity index (χ3n) is 3.28. The van der Waals surface area contributed by atoms with E-state index in [2.05, 4.69) is 6.07 Å². The predicted octanol–water partition coefficient (Wildman–Crippen LogP) is 2.87. The number of esters is 1. The van der Waals surface area contributed by atoms with Crippen molar-refractivity contribution in [3.63, 3.8) is 0 Å². The summed E-state index contributed by atoms with van der Waals surface area (Å²) in [5, 5.41) is 9.16. The fourth-order valence-electron chi connectivity index (χ4n) is 2.34. The van der Waals surface area contributed by atoms with Crippen LogP contribution in [0.3, 0.4) is 0 Å². The molecule has 1 fully saturated rings. The summed E-state index contributed by atoms with van der Waals surface area (Å²) in [6, 6.07) is 2.13. The van der Waals surface area contributed by atoms with Crippen LogP contribution in [0.15, 0.2) is 0 Å². The molecule has 0 spiro atoms. The quantitative estimate of drug-likeness (QED) is 0.696. The molecule has 0 aromatic rings. The van der Waals surface area contributed by atoms with Crippen LogP contribution in [-0.4, -0.2) is 40.2 Å². The minimum Gasteiger partial charge on any atom is -0.458 e. The lowest BCUT2D eigenvalue weighted by atomic mass is 9.94. The van der Waals surface area contributed by atoms with Crippen molar-refractivity contribution in [1.82, 2.24) is 4.90 Å². The van der Waals surface area contributed by atoms with Gasteiger partial charge in [-0.1, -0.05) is 0 Å². The zero-order valence-electron chi connectivity index (χ0n) is 14.5. The molecular weight excluding hydrogens is 284 g/mol. The molecule has 0 aliphatic carbocycles. The minimum absolute atomic E-state index is 0.168. The van der Waals surface area contributed by atoms with Crippen LogP contribution in [0, 0.1) is 17.2 Å². The largest absolute Gasteiger partial charge is 0.458 e. The van der Waals surface area contributed by atoms with E-state index in [0.29, 0.717) is 0 Å². The fraction of sp³-hybridized carbons (Fsp3) is 0.812. The van der Waals surface area contributed by atoms with Crippen molar-refractivity contribution in [2.24, 2.45) is 5.92 Å². The first kappa shape index (κ1) is 18.3. The summed E-state index contributed by atoms with van der Waals surface area (Å²) in [5.41, 5.74) is -2.52. The molecule has 0 bridgehead atoms. The van der Waals surface area contributed by atoms with E-state index in [-0.39, 0.29) is 13.0 Å². The highest BCUT2D eigenvalue weighted by Crippen LogP contribution is 2.36. The van der Waals surface area contributed by atoms with Crippen molar-refractivity contribution < 1.29 is 19.1 Å². The zero-order chi connectivity index (χ0) is 17.3. The number of nitriles is 1. The van der Waals surface area contributed by atoms with Crippen LogP contribution in [0.2, 0.25) is 0 Å². The Balaban J connectivity index is 3.05. The lowest BCUT2D eigenvalue weighted by molar-refractivity contribution is -0.166. The molecule has 0 radical (unpaired) electrons. The van der Waals surface area contributed by atoms with E-state index in [0.717, 1.165) is 0 Å². The van der Waals surface area contributed by atoms with Gasteiger partial charge in [0.25, 0.3) is 0 Å². The van der Waals surface area contributed by atoms with Crippen molar-refractivity contribution in [1.29, 1.82) is 5.26 Å². The lowest BCUT2D eigenvalue weighted by Gasteiger charge is -2.36. The molecule has 0 N–H and O–H groups in total. The van der Waals surface area contributed by atoms with Crippen LogP contribution in [0.4, 0.5) is 4.79 Å². The number of carbonyl (C=O) groups excluding carboxylic acids is 2. The van der Waals surface area contributed by atoms with E-state index in [1.807, 2.05) is 0 Å². The van der Waals surface area contributed by atoms with Crippen molar-refractivity contribution in [2.75, 3.05) is 6.54 Å². The highest BCUT2D eigenvalue weighted by molar-refractivity contribution is 5.86. The molecule has 6 heteroatoms. The Labute approximate surface area is 132 Å². The van der Waals surface area contributed by atoms with Crippen LogP contribution in [0.5, 0.6) is 0 Å². The number of likely N-dealkylation sites (tertiary alicyclic amines) is 1. The third kappa shape index (κ3) is 4.36. The van der Waals surface area contributed by atoms with Crippen LogP contribution in [-0.2, 0) is 14.3 Å². The first-order chi connectivity index (χ1) is 9.78. The van der Waals surface area contributed by atoms with Crippen molar-refractivity contribution in [2.45, 2.75) is 71.6 Å². The average molecular weight is 310 g/mol. The Morgan fingerprint density at radius 2 is 1.64 bits per heavy atom. The van der Waals surface area contributed by atoms with E-state index in [1.165, 1.54) is 4.90 Å². The van der Waals surface area contributed by atoms with Gasteiger partial charge in [0.1, 0.15) is 16.7 Å². The van der Waals surface area contributed by atoms with Gasteiger partial charge < -0.3 is 9.47 Å². The van der Waals surface area contributed by atoms with Gasteiger partial charge in [0.2, 0.25) is 0 Å². The molecule has 1 rings (SSSR count). The Bertz CT molecular complexity index is 496. The molecule has 2 atom stereocenters. The summed E-state index contributed by atoms with van der Waals surface area (Å²) in [5.74, 6) is -0.923. The summed E-state index contributed by atoms with van der Waals surface area (Å²) in [7, 11) is 0. The second kappa shape index (κ2) is 5.79. The number of hydrogen-bond acceptors (Lipinski definition) is 5. The van der Waals surface area contributed by atoms with Gasteiger partial charge in [-0.15, -0.1) is 0 Å². The van der Waals surface area contributed by atoms with Crippen molar-refractivity contribution in [3.05, 3.63) is 0 Å². The number of amides is 1.